The number of nitrogens with one attached hydrogen (secondary N) is 2. The average Bonchev–Trinajstić information content (AvgIpc) is 2.78. The first-order chi connectivity index (χ1) is 15.3. The standard InChI is InChI=1S/C23H28N4O5/c24-7-1-2-19-23(32)26-17(12-28)10-15-8-13(3-5-20(15)29)14-4-6-21(30)16(9-14)11-18(25)22(31)27-19/h3-6,8-9,12,17-19,29-30H,1-2,7,10-11,24-25H2,(H,26,32)(H,27,31)/t17?,18?,19-/m0/s1. The van der Waals surface area contributed by atoms with Crippen LogP contribution in [0.1, 0.15) is 24.0 Å². The van der Waals surface area contributed by atoms with Gasteiger partial charge in [-0.3, -0.25) is 9.59 Å². The van der Waals surface area contributed by atoms with E-state index in [1.165, 1.54) is 12.1 Å². The quantitative estimate of drug-likeness (QED) is 0.366. The van der Waals surface area contributed by atoms with E-state index in [9.17, 15) is 24.6 Å². The van der Waals surface area contributed by atoms with E-state index in [0.29, 0.717) is 30.4 Å². The topological polar surface area (TPSA) is 168 Å². The minimum atomic E-state index is -1.01. The van der Waals surface area contributed by atoms with Crippen molar-refractivity contribution in [2.24, 2.45) is 11.5 Å². The highest BCUT2D eigenvalue weighted by atomic mass is 16.3. The van der Waals surface area contributed by atoms with Gasteiger partial charge in [-0.1, -0.05) is 12.1 Å². The number of aromatic hydroxyl groups is 2. The minimum absolute atomic E-state index is 0.00115. The van der Waals surface area contributed by atoms with Crippen LogP contribution >= 0.6 is 0 Å². The van der Waals surface area contributed by atoms with E-state index in [-0.39, 0.29) is 30.8 Å². The van der Waals surface area contributed by atoms with Crippen LogP contribution in [-0.2, 0) is 27.2 Å². The molecule has 3 atom stereocenters. The van der Waals surface area contributed by atoms with Crippen molar-refractivity contribution < 1.29 is 24.6 Å². The van der Waals surface area contributed by atoms with E-state index < -0.39 is 29.9 Å². The fraction of sp³-hybridized carbons (Fsp3) is 0.348. The second kappa shape index (κ2) is 10.3. The van der Waals surface area contributed by atoms with Gasteiger partial charge in [-0.05, 0) is 65.9 Å². The number of rotatable bonds is 4. The Morgan fingerprint density at radius 2 is 1.53 bits per heavy atom. The first-order valence-corrected chi connectivity index (χ1v) is 10.5. The Morgan fingerprint density at radius 1 is 0.938 bits per heavy atom. The van der Waals surface area contributed by atoms with Crippen molar-refractivity contribution >= 4 is 18.1 Å². The maximum absolute atomic E-state index is 12.8. The van der Waals surface area contributed by atoms with E-state index in [1.807, 2.05) is 0 Å². The lowest BCUT2D eigenvalue weighted by atomic mass is 9.95. The van der Waals surface area contributed by atoms with Crippen molar-refractivity contribution in [2.75, 3.05) is 6.54 Å². The highest BCUT2D eigenvalue weighted by molar-refractivity contribution is 5.91. The SMILES string of the molecule is NCCC[C@@H]1NC(=O)C(N)Cc2cc(ccc2O)-c2ccc(O)c(c2)CC(C=O)NC1=O. The molecule has 2 amide bonds. The van der Waals surface area contributed by atoms with Crippen LogP contribution < -0.4 is 22.1 Å². The monoisotopic (exact) mass is 440 g/mol. The van der Waals surface area contributed by atoms with Crippen LogP contribution in [0, 0.1) is 0 Å². The molecule has 0 aromatic heterocycles. The highest BCUT2D eigenvalue weighted by Crippen LogP contribution is 2.30. The Bertz CT molecular complexity index is 1010. The van der Waals surface area contributed by atoms with Gasteiger partial charge in [0, 0.05) is 12.8 Å². The molecule has 0 spiro atoms. The zero-order chi connectivity index (χ0) is 23.3. The van der Waals surface area contributed by atoms with Crippen LogP contribution in [0.4, 0.5) is 0 Å². The van der Waals surface area contributed by atoms with Crippen LogP contribution in [0.15, 0.2) is 36.4 Å². The lowest BCUT2D eigenvalue weighted by molar-refractivity contribution is -0.130. The molecule has 0 fully saturated rings. The van der Waals surface area contributed by atoms with E-state index in [0.717, 1.165) is 11.1 Å². The Balaban J connectivity index is 2.05. The van der Waals surface area contributed by atoms with Gasteiger partial charge in [0.05, 0.1) is 12.1 Å². The maximum atomic E-state index is 12.8. The minimum Gasteiger partial charge on any atom is -0.508 e. The number of hydrogen-bond acceptors (Lipinski definition) is 7. The van der Waals surface area contributed by atoms with Crippen molar-refractivity contribution in [3.05, 3.63) is 47.5 Å². The molecule has 9 nitrogen and oxygen atoms in total. The number of carbonyl (C=O) groups is 3. The Morgan fingerprint density at radius 3 is 2.09 bits per heavy atom. The van der Waals surface area contributed by atoms with Gasteiger partial charge < -0.3 is 37.1 Å². The van der Waals surface area contributed by atoms with E-state index in [1.54, 1.807) is 24.3 Å². The van der Waals surface area contributed by atoms with Crippen molar-refractivity contribution in [1.82, 2.24) is 10.6 Å². The van der Waals surface area contributed by atoms with Gasteiger partial charge in [0.2, 0.25) is 11.8 Å². The molecule has 9 heteroatoms. The normalized spacial score (nSPS) is 21.6. The zero-order valence-corrected chi connectivity index (χ0v) is 17.6. The predicted molar refractivity (Wildman–Crippen MR) is 119 cm³/mol. The summed E-state index contributed by atoms with van der Waals surface area (Å²) in [5.74, 6) is -1.10. The summed E-state index contributed by atoms with van der Waals surface area (Å²) in [5, 5.41) is 25.8. The Hall–Kier alpha value is -3.43. The third kappa shape index (κ3) is 5.43. The molecule has 32 heavy (non-hydrogen) atoms. The fourth-order valence-electron chi connectivity index (χ4n) is 3.71. The number of phenolic OH excluding ortho intramolecular Hbond substituents is 2. The number of aldehydes is 1. The summed E-state index contributed by atoms with van der Waals surface area (Å²) in [5.41, 5.74) is 14.1. The predicted octanol–water partition coefficient (Wildman–Crippen LogP) is 0.0981. The Labute approximate surface area is 185 Å². The first-order valence-electron chi connectivity index (χ1n) is 10.5. The molecule has 2 aromatic carbocycles. The van der Waals surface area contributed by atoms with Gasteiger partial charge in [-0.25, -0.2) is 0 Å². The van der Waals surface area contributed by atoms with Gasteiger partial charge in [0.15, 0.2) is 0 Å². The molecule has 8 N–H and O–H groups in total. The first kappa shape index (κ1) is 23.2. The number of nitrogens with two attached hydrogens (primary N) is 2. The molecular weight excluding hydrogens is 412 g/mol. The summed E-state index contributed by atoms with van der Waals surface area (Å²) >= 11 is 0. The van der Waals surface area contributed by atoms with Crippen molar-refractivity contribution in [3.63, 3.8) is 0 Å². The maximum Gasteiger partial charge on any atom is 0.243 e. The molecule has 1 heterocycles. The summed E-state index contributed by atoms with van der Waals surface area (Å²) in [7, 11) is 0. The molecule has 0 saturated carbocycles. The largest absolute Gasteiger partial charge is 0.508 e. The van der Waals surface area contributed by atoms with Crippen LogP contribution in [0.2, 0.25) is 0 Å². The summed E-state index contributed by atoms with van der Waals surface area (Å²) in [6, 6.07) is 7.06. The van der Waals surface area contributed by atoms with Crippen LogP contribution in [0.3, 0.4) is 0 Å². The van der Waals surface area contributed by atoms with Gasteiger partial charge in [0.25, 0.3) is 0 Å². The summed E-state index contributed by atoms with van der Waals surface area (Å²) < 4.78 is 0. The van der Waals surface area contributed by atoms with E-state index in [4.69, 9.17) is 11.5 Å². The van der Waals surface area contributed by atoms with E-state index >= 15 is 0 Å². The van der Waals surface area contributed by atoms with Gasteiger partial charge in [-0.15, -0.1) is 0 Å². The molecule has 2 aromatic rings. The summed E-state index contributed by atoms with van der Waals surface area (Å²) in [6.45, 7) is 0.324. The summed E-state index contributed by atoms with van der Waals surface area (Å²) in [4.78, 5) is 37.2. The van der Waals surface area contributed by atoms with Crippen molar-refractivity contribution in [2.45, 2.75) is 43.8 Å². The Kier molecular flexibility index (Phi) is 7.45. The molecule has 1 aliphatic heterocycles. The second-order valence-corrected chi connectivity index (χ2v) is 7.94. The zero-order valence-electron chi connectivity index (χ0n) is 17.6. The van der Waals surface area contributed by atoms with Gasteiger partial charge in [0.1, 0.15) is 23.8 Å². The second-order valence-electron chi connectivity index (χ2n) is 7.94. The lowest BCUT2D eigenvalue weighted by Crippen LogP contribution is -2.54. The smallest absolute Gasteiger partial charge is 0.243 e. The molecule has 4 bridgehead atoms. The van der Waals surface area contributed by atoms with Crippen molar-refractivity contribution in [1.29, 1.82) is 0 Å². The highest BCUT2D eigenvalue weighted by Gasteiger charge is 2.26. The molecule has 0 radical (unpaired) electrons. The molecule has 1 aliphatic rings. The van der Waals surface area contributed by atoms with Crippen molar-refractivity contribution in [3.8, 4) is 22.6 Å². The number of carbonyl (C=O) groups excluding carboxylic acids is 3. The number of phenols is 2. The van der Waals surface area contributed by atoms with E-state index in [2.05, 4.69) is 10.6 Å². The van der Waals surface area contributed by atoms with Crippen LogP contribution in [0.25, 0.3) is 11.1 Å². The summed E-state index contributed by atoms with van der Waals surface area (Å²) in [6.07, 6.45) is 1.46. The van der Waals surface area contributed by atoms with Gasteiger partial charge in [-0.2, -0.15) is 0 Å². The number of hydrogen-bond donors (Lipinski definition) is 6. The lowest BCUT2D eigenvalue weighted by Gasteiger charge is -2.22. The third-order valence-corrected chi connectivity index (χ3v) is 5.53. The number of benzene rings is 2. The average molecular weight is 441 g/mol. The molecule has 0 aliphatic carbocycles. The molecule has 2 unspecified atom stereocenters. The molecule has 3 rings (SSSR count). The van der Waals surface area contributed by atoms with Crippen LogP contribution in [0.5, 0.6) is 11.5 Å². The fourth-order valence-corrected chi connectivity index (χ4v) is 3.71. The van der Waals surface area contributed by atoms with Crippen LogP contribution in [-0.4, -0.2) is 53.0 Å². The number of fused-ring (bicyclic) bond motifs is 5. The van der Waals surface area contributed by atoms with Gasteiger partial charge >= 0.3 is 0 Å². The third-order valence-electron chi connectivity index (χ3n) is 5.53. The molecule has 170 valence electrons. The molecular formula is C23H28N4O5. The number of amides is 2. The molecule has 0 saturated heterocycles.